The van der Waals surface area contributed by atoms with Crippen molar-refractivity contribution in [3.63, 3.8) is 0 Å². The van der Waals surface area contributed by atoms with Gasteiger partial charge in [0.05, 0.1) is 5.54 Å². The van der Waals surface area contributed by atoms with Crippen LogP contribution in [0.2, 0.25) is 0 Å². The van der Waals surface area contributed by atoms with Gasteiger partial charge in [0.25, 0.3) is 0 Å². The van der Waals surface area contributed by atoms with E-state index in [-0.39, 0.29) is 5.54 Å². The predicted octanol–water partition coefficient (Wildman–Crippen LogP) is 11.0. The Morgan fingerprint density at radius 1 is 0.930 bits per heavy atom. The molecule has 0 spiro atoms. The van der Waals surface area contributed by atoms with Gasteiger partial charge >= 0.3 is 0 Å². The second kappa shape index (κ2) is 24.8. The number of nitrogens with zero attached hydrogens (tertiary/aromatic N) is 1. The number of Topliss-reactive ketones (excluding diaryl/α,β-unsaturated/α-hetero) is 1. The Labute approximate surface area is 269 Å². The van der Waals surface area contributed by atoms with Gasteiger partial charge < -0.3 is 10.2 Å². The molecule has 0 unspecified atom stereocenters. The van der Waals surface area contributed by atoms with Crippen molar-refractivity contribution in [2.24, 2.45) is 17.8 Å². The average Bonchev–Trinajstić information content (AvgIpc) is 3.06. The van der Waals surface area contributed by atoms with Crippen LogP contribution >= 0.6 is 0 Å². The van der Waals surface area contributed by atoms with Gasteiger partial charge in [-0.15, -0.1) is 19.7 Å². The molecule has 0 aromatic carbocycles. The summed E-state index contributed by atoms with van der Waals surface area (Å²) < 4.78 is 0. The van der Waals surface area contributed by atoms with Crippen LogP contribution < -0.4 is 5.32 Å². The van der Waals surface area contributed by atoms with Gasteiger partial charge in [-0.25, -0.2) is 0 Å². The van der Waals surface area contributed by atoms with E-state index in [1.807, 2.05) is 13.0 Å². The zero-order valence-corrected chi connectivity index (χ0v) is 29.3. The lowest BCUT2D eigenvalue weighted by Gasteiger charge is -2.40. The van der Waals surface area contributed by atoms with Crippen molar-refractivity contribution < 1.29 is 4.79 Å². The molecule has 3 heteroatoms. The minimum atomic E-state index is -0.222. The lowest BCUT2D eigenvalue weighted by molar-refractivity contribution is -0.125. The van der Waals surface area contributed by atoms with Crippen LogP contribution in [0.5, 0.6) is 0 Å². The van der Waals surface area contributed by atoms with Crippen molar-refractivity contribution in [2.75, 3.05) is 26.7 Å². The molecule has 4 rings (SSSR count). The molecule has 4 aliphatic rings. The molecule has 0 aromatic heterocycles. The SMILES string of the molecule is C=C.C=CCCC1=CC=CCC1.CCC1CCN(C)CC1.CCCNC(CC1CCCCC1)(CC1CCCCC1)C(C)=O. The number of ketones is 1. The second-order valence-electron chi connectivity index (χ2n) is 13.8. The van der Waals surface area contributed by atoms with E-state index in [1.165, 1.54) is 116 Å². The lowest BCUT2D eigenvalue weighted by atomic mass is 9.71. The number of rotatable bonds is 12. The number of carbonyl (C=O) groups excluding carboxylic acids is 1. The van der Waals surface area contributed by atoms with Gasteiger partial charge in [-0.1, -0.05) is 114 Å². The molecule has 3 nitrogen and oxygen atoms in total. The summed E-state index contributed by atoms with van der Waals surface area (Å²) in [5.74, 6) is 2.97. The molecule has 0 amide bonds. The van der Waals surface area contributed by atoms with Gasteiger partial charge in [-0.05, 0) is 109 Å². The number of piperidine rings is 1. The molecule has 0 radical (unpaired) electrons. The normalized spacial score (nSPS) is 20.3. The third-order valence-corrected chi connectivity index (χ3v) is 10.3. The molecule has 3 fully saturated rings. The molecule has 43 heavy (non-hydrogen) atoms. The summed E-state index contributed by atoms with van der Waals surface area (Å²) in [6.07, 6.45) is 34.6. The smallest absolute Gasteiger partial charge is 0.149 e. The van der Waals surface area contributed by atoms with Crippen LogP contribution in [0, 0.1) is 17.8 Å². The second-order valence-corrected chi connectivity index (χ2v) is 13.8. The van der Waals surface area contributed by atoms with Crippen molar-refractivity contribution >= 4 is 5.78 Å². The summed E-state index contributed by atoms with van der Waals surface area (Å²) in [4.78, 5) is 15.1. The predicted molar refractivity (Wildman–Crippen MR) is 192 cm³/mol. The number of nitrogens with one attached hydrogen (secondary N) is 1. The molecule has 1 N–H and O–H groups in total. The zero-order chi connectivity index (χ0) is 31.8. The van der Waals surface area contributed by atoms with E-state index in [0.29, 0.717) is 5.78 Å². The van der Waals surface area contributed by atoms with E-state index in [2.05, 4.69) is 69.1 Å². The van der Waals surface area contributed by atoms with Gasteiger partial charge in [-0.3, -0.25) is 4.79 Å². The molecule has 3 aliphatic carbocycles. The van der Waals surface area contributed by atoms with E-state index >= 15 is 0 Å². The molecule has 1 heterocycles. The van der Waals surface area contributed by atoms with Crippen LogP contribution in [-0.4, -0.2) is 42.9 Å². The van der Waals surface area contributed by atoms with Crippen molar-refractivity contribution in [3.05, 3.63) is 49.6 Å². The van der Waals surface area contributed by atoms with E-state index in [9.17, 15) is 4.79 Å². The highest BCUT2D eigenvalue weighted by Crippen LogP contribution is 2.37. The van der Waals surface area contributed by atoms with Gasteiger partial charge in [0.2, 0.25) is 0 Å². The minimum Gasteiger partial charge on any atom is -0.306 e. The van der Waals surface area contributed by atoms with Gasteiger partial charge in [0.15, 0.2) is 0 Å². The first kappa shape index (κ1) is 39.6. The Hall–Kier alpha value is -1.45. The summed E-state index contributed by atoms with van der Waals surface area (Å²) in [6, 6.07) is 0. The van der Waals surface area contributed by atoms with Crippen LogP contribution in [-0.2, 0) is 4.79 Å². The fourth-order valence-electron chi connectivity index (χ4n) is 7.39. The van der Waals surface area contributed by atoms with Gasteiger partial charge in [-0.2, -0.15) is 0 Å². The first-order chi connectivity index (χ1) is 20.9. The summed E-state index contributed by atoms with van der Waals surface area (Å²) >= 11 is 0. The van der Waals surface area contributed by atoms with Crippen molar-refractivity contribution in [1.29, 1.82) is 0 Å². The third-order valence-electron chi connectivity index (χ3n) is 10.3. The maximum Gasteiger partial charge on any atom is 0.149 e. The quantitative estimate of drug-likeness (QED) is 0.227. The van der Waals surface area contributed by atoms with Crippen LogP contribution in [0.4, 0.5) is 0 Å². The van der Waals surface area contributed by atoms with Gasteiger partial charge in [0, 0.05) is 0 Å². The molecular weight excluding hydrogens is 524 g/mol. The number of hydrogen-bond donors (Lipinski definition) is 1. The standard InChI is InChI=1S/C20H37NO.C10H14.C8H17N.C2H4/c1-3-14-21-20(17(2)22,15-18-10-6-4-7-11-18)16-19-12-8-5-9-13-19;1-2-3-7-10-8-5-4-6-9-10;1-3-8-4-6-9(2)7-5-8;1-2/h18-19,21H,3-16H2,1-2H3;2,4-5,8H,1,3,6-7,9H2;8H,3-7H2,1-2H3;1-2H2. The van der Waals surface area contributed by atoms with E-state index in [4.69, 9.17) is 0 Å². The lowest BCUT2D eigenvalue weighted by Crippen LogP contribution is -2.54. The van der Waals surface area contributed by atoms with Crippen LogP contribution in [0.3, 0.4) is 0 Å². The molecule has 1 aliphatic heterocycles. The highest BCUT2D eigenvalue weighted by molar-refractivity contribution is 5.86. The Kier molecular flexibility index (Phi) is 22.8. The largest absolute Gasteiger partial charge is 0.306 e. The summed E-state index contributed by atoms with van der Waals surface area (Å²) in [5.41, 5.74) is 1.35. The maximum absolute atomic E-state index is 12.7. The first-order valence-electron chi connectivity index (χ1n) is 18.3. The Morgan fingerprint density at radius 2 is 1.49 bits per heavy atom. The third kappa shape index (κ3) is 17.0. The van der Waals surface area contributed by atoms with E-state index in [0.717, 1.165) is 50.0 Å². The molecule has 0 atom stereocenters. The van der Waals surface area contributed by atoms with Crippen molar-refractivity contribution in [2.45, 2.75) is 155 Å². The number of likely N-dealkylation sites (tertiary alicyclic amines) is 1. The Morgan fingerprint density at radius 3 is 1.91 bits per heavy atom. The van der Waals surface area contributed by atoms with Crippen LogP contribution in [0.15, 0.2) is 49.6 Å². The van der Waals surface area contributed by atoms with Crippen molar-refractivity contribution in [3.8, 4) is 0 Å². The number of hydrogen-bond acceptors (Lipinski definition) is 3. The highest BCUT2D eigenvalue weighted by atomic mass is 16.1. The van der Waals surface area contributed by atoms with Crippen molar-refractivity contribution in [1.82, 2.24) is 10.2 Å². The topological polar surface area (TPSA) is 32.3 Å². The fraction of sp³-hybridized carbons (Fsp3) is 0.775. The number of allylic oxidation sites excluding steroid dienone is 5. The summed E-state index contributed by atoms with van der Waals surface area (Å²) in [7, 11) is 2.21. The van der Waals surface area contributed by atoms with E-state index in [1.54, 1.807) is 5.57 Å². The summed E-state index contributed by atoms with van der Waals surface area (Å²) in [6.45, 7) is 19.7. The molecule has 2 saturated carbocycles. The number of carbonyl (C=O) groups is 1. The zero-order valence-electron chi connectivity index (χ0n) is 29.3. The average molecular weight is 597 g/mol. The molecule has 248 valence electrons. The first-order valence-corrected chi connectivity index (χ1v) is 18.3. The Balaban J connectivity index is 0.000000363. The summed E-state index contributed by atoms with van der Waals surface area (Å²) in [5, 5.41) is 3.73. The monoisotopic (exact) mass is 597 g/mol. The van der Waals surface area contributed by atoms with Gasteiger partial charge in [0.1, 0.15) is 5.78 Å². The van der Waals surface area contributed by atoms with Crippen LogP contribution in [0.25, 0.3) is 0 Å². The van der Waals surface area contributed by atoms with E-state index < -0.39 is 0 Å². The Bertz CT molecular complexity index is 743. The molecule has 0 bridgehead atoms. The minimum absolute atomic E-state index is 0.222. The molecule has 0 aromatic rings. The molecular formula is C40H72N2O. The molecule has 1 saturated heterocycles. The fourth-order valence-corrected chi connectivity index (χ4v) is 7.39. The highest BCUT2D eigenvalue weighted by Gasteiger charge is 2.39. The van der Waals surface area contributed by atoms with Crippen LogP contribution in [0.1, 0.15) is 149 Å². The maximum atomic E-state index is 12.7.